The molecule has 1 fully saturated rings. The molecule has 108 valence electrons. The first-order valence-electron chi connectivity index (χ1n) is 6.41. The minimum atomic E-state index is -3.02. The van der Waals surface area contributed by atoms with Gasteiger partial charge in [0.05, 0.1) is 23.3 Å². The van der Waals surface area contributed by atoms with Crippen molar-refractivity contribution in [2.75, 3.05) is 13.4 Å². The molecule has 6 heteroatoms. The summed E-state index contributed by atoms with van der Waals surface area (Å²) < 4.78 is 28.5. The molecule has 1 aliphatic carbocycles. The normalized spacial score (nSPS) is 26.1. The summed E-state index contributed by atoms with van der Waals surface area (Å²) in [6.45, 7) is 0. The van der Waals surface area contributed by atoms with Gasteiger partial charge in [-0.25, -0.2) is 8.42 Å². The highest BCUT2D eigenvalue weighted by molar-refractivity contribution is 7.91. The fourth-order valence-corrected chi connectivity index (χ4v) is 4.89. The van der Waals surface area contributed by atoms with Gasteiger partial charge in [0, 0.05) is 6.26 Å². The molecule has 0 aliphatic heterocycles. The Bertz CT molecular complexity index is 521. The van der Waals surface area contributed by atoms with Gasteiger partial charge in [-0.2, -0.15) is 0 Å². The van der Waals surface area contributed by atoms with E-state index in [4.69, 9.17) is 4.74 Å². The monoisotopic (exact) mass is 304 g/mol. The van der Waals surface area contributed by atoms with Crippen LogP contribution in [0, 0.1) is 5.92 Å². The topological polar surface area (TPSA) is 63.6 Å². The molecule has 1 N–H and O–H groups in total. The highest BCUT2D eigenvalue weighted by atomic mass is 32.2. The van der Waals surface area contributed by atoms with Gasteiger partial charge in [0.2, 0.25) is 0 Å². The van der Waals surface area contributed by atoms with Crippen molar-refractivity contribution in [2.45, 2.75) is 37.0 Å². The van der Waals surface area contributed by atoms with Crippen LogP contribution in [0.1, 0.15) is 36.7 Å². The van der Waals surface area contributed by atoms with E-state index >= 15 is 0 Å². The summed E-state index contributed by atoms with van der Waals surface area (Å²) in [4.78, 5) is 0.807. The first-order chi connectivity index (χ1) is 8.93. The van der Waals surface area contributed by atoms with E-state index in [-0.39, 0.29) is 11.2 Å². The van der Waals surface area contributed by atoms with Gasteiger partial charge in [-0.3, -0.25) is 0 Å². The van der Waals surface area contributed by atoms with Crippen molar-refractivity contribution in [3.8, 4) is 5.75 Å². The van der Waals surface area contributed by atoms with Gasteiger partial charge in [0.1, 0.15) is 15.6 Å². The maximum absolute atomic E-state index is 11.7. The van der Waals surface area contributed by atoms with Crippen molar-refractivity contribution in [3.05, 3.63) is 16.3 Å². The van der Waals surface area contributed by atoms with Gasteiger partial charge in [0.15, 0.2) is 0 Å². The van der Waals surface area contributed by atoms with Crippen LogP contribution in [-0.2, 0) is 9.84 Å². The van der Waals surface area contributed by atoms with Crippen molar-refractivity contribution >= 4 is 21.2 Å². The summed E-state index contributed by atoms with van der Waals surface area (Å²) >= 11 is 1.46. The van der Waals surface area contributed by atoms with Gasteiger partial charge in [-0.15, -0.1) is 11.3 Å². The third-order valence-electron chi connectivity index (χ3n) is 3.86. The highest BCUT2D eigenvalue weighted by Gasteiger charge is 2.34. The summed E-state index contributed by atoms with van der Waals surface area (Å²) in [6.07, 6.45) is 3.64. The molecule has 0 aromatic carbocycles. The van der Waals surface area contributed by atoms with Gasteiger partial charge in [-0.1, -0.05) is 6.42 Å². The second kappa shape index (κ2) is 5.81. The molecule has 3 atom stereocenters. The molecule has 1 aliphatic rings. The summed E-state index contributed by atoms with van der Waals surface area (Å²) in [5, 5.41) is 12.0. The summed E-state index contributed by atoms with van der Waals surface area (Å²) in [6, 6.07) is 1.83. The Morgan fingerprint density at radius 3 is 2.84 bits per heavy atom. The molecule has 1 aromatic heterocycles. The van der Waals surface area contributed by atoms with E-state index in [1.807, 2.05) is 11.4 Å². The smallest absolute Gasteiger partial charge is 0.150 e. The van der Waals surface area contributed by atoms with Crippen LogP contribution in [0.3, 0.4) is 0 Å². The standard InChI is InChI=1S/C13H20O4S2/c1-17-11-6-7-18-13(11)12(14)9-4-3-5-10(8-9)19(2,15)16/h6-7,9-10,12,14H,3-5,8H2,1-2H3. The molecule has 1 heterocycles. The van der Waals surface area contributed by atoms with Gasteiger partial charge in [-0.05, 0) is 36.6 Å². The lowest BCUT2D eigenvalue weighted by atomic mass is 9.84. The summed E-state index contributed by atoms with van der Waals surface area (Å²) in [7, 11) is -1.43. The molecule has 1 aromatic rings. The van der Waals surface area contributed by atoms with Crippen LogP contribution >= 0.6 is 11.3 Å². The van der Waals surface area contributed by atoms with E-state index in [0.29, 0.717) is 18.6 Å². The zero-order chi connectivity index (χ0) is 14.0. The molecule has 0 saturated heterocycles. The number of thiophene rings is 1. The molecule has 1 saturated carbocycles. The van der Waals surface area contributed by atoms with Crippen LogP contribution in [0.25, 0.3) is 0 Å². The molecule has 0 bridgehead atoms. The van der Waals surface area contributed by atoms with E-state index in [9.17, 15) is 13.5 Å². The molecule has 2 rings (SSSR count). The quantitative estimate of drug-likeness (QED) is 0.927. The number of hydrogen-bond donors (Lipinski definition) is 1. The number of aliphatic hydroxyl groups excluding tert-OH is 1. The van der Waals surface area contributed by atoms with Crippen molar-refractivity contribution in [1.82, 2.24) is 0 Å². The number of ether oxygens (including phenoxy) is 1. The molecule has 0 spiro atoms. The largest absolute Gasteiger partial charge is 0.495 e. The number of methoxy groups -OCH3 is 1. The van der Waals surface area contributed by atoms with Gasteiger partial charge in [0.25, 0.3) is 0 Å². The number of sulfone groups is 1. The van der Waals surface area contributed by atoms with Crippen LogP contribution in [0.4, 0.5) is 0 Å². The minimum absolute atomic E-state index is 0.000949. The second-order valence-corrected chi connectivity index (χ2v) is 8.45. The SMILES string of the molecule is COc1ccsc1C(O)C1CCCC(S(C)(=O)=O)C1. The first-order valence-corrected chi connectivity index (χ1v) is 9.25. The zero-order valence-corrected chi connectivity index (χ0v) is 12.8. The molecule has 19 heavy (non-hydrogen) atoms. The molecule has 0 amide bonds. The molecule has 3 unspecified atom stereocenters. The van der Waals surface area contributed by atoms with Gasteiger partial charge >= 0.3 is 0 Å². The number of aliphatic hydroxyl groups is 1. The predicted molar refractivity (Wildman–Crippen MR) is 76.4 cm³/mol. The summed E-state index contributed by atoms with van der Waals surface area (Å²) in [5.41, 5.74) is 0. The maximum Gasteiger partial charge on any atom is 0.150 e. The Morgan fingerprint density at radius 2 is 2.21 bits per heavy atom. The molecular formula is C13H20O4S2. The van der Waals surface area contributed by atoms with Crippen molar-refractivity contribution in [1.29, 1.82) is 0 Å². The fourth-order valence-electron chi connectivity index (χ4n) is 2.76. The number of rotatable bonds is 4. The third-order valence-corrected chi connectivity index (χ3v) is 6.47. The Hall–Kier alpha value is -0.590. The minimum Gasteiger partial charge on any atom is -0.495 e. The van der Waals surface area contributed by atoms with Crippen LogP contribution in [0.5, 0.6) is 5.75 Å². The molecule has 4 nitrogen and oxygen atoms in total. The zero-order valence-electron chi connectivity index (χ0n) is 11.2. The third kappa shape index (κ3) is 3.30. The summed E-state index contributed by atoms with van der Waals surface area (Å²) in [5.74, 6) is 0.694. The van der Waals surface area contributed by atoms with E-state index < -0.39 is 15.9 Å². The number of hydrogen-bond acceptors (Lipinski definition) is 5. The van der Waals surface area contributed by atoms with E-state index in [2.05, 4.69) is 0 Å². The second-order valence-electron chi connectivity index (χ2n) is 5.18. The van der Waals surface area contributed by atoms with Crippen LogP contribution in [0.2, 0.25) is 0 Å². The lowest BCUT2D eigenvalue weighted by molar-refractivity contribution is 0.0866. The Labute approximate surface area is 118 Å². The van der Waals surface area contributed by atoms with Gasteiger partial charge < -0.3 is 9.84 Å². The lowest BCUT2D eigenvalue weighted by Crippen LogP contribution is -2.30. The van der Waals surface area contributed by atoms with E-state index in [1.54, 1.807) is 7.11 Å². The fraction of sp³-hybridized carbons (Fsp3) is 0.692. The predicted octanol–water partition coefficient (Wildman–Crippen LogP) is 2.39. The van der Waals surface area contributed by atoms with Crippen LogP contribution in [0.15, 0.2) is 11.4 Å². The van der Waals surface area contributed by atoms with Crippen molar-refractivity contribution in [2.24, 2.45) is 5.92 Å². The first kappa shape index (κ1) is 14.8. The highest BCUT2D eigenvalue weighted by Crippen LogP contribution is 2.41. The average molecular weight is 304 g/mol. The van der Waals surface area contributed by atoms with E-state index in [1.165, 1.54) is 17.6 Å². The van der Waals surface area contributed by atoms with Crippen molar-refractivity contribution < 1.29 is 18.3 Å². The molecular weight excluding hydrogens is 284 g/mol. The molecule has 0 radical (unpaired) electrons. The van der Waals surface area contributed by atoms with Crippen molar-refractivity contribution in [3.63, 3.8) is 0 Å². The Morgan fingerprint density at radius 1 is 1.47 bits per heavy atom. The van der Waals surface area contributed by atoms with Crippen LogP contribution < -0.4 is 4.74 Å². The van der Waals surface area contributed by atoms with E-state index in [0.717, 1.165) is 17.7 Å². The lowest BCUT2D eigenvalue weighted by Gasteiger charge is -2.31. The maximum atomic E-state index is 11.7. The average Bonchev–Trinajstić information content (AvgIpc) is 2.85. The Balaban J connectivity index is 2.13. The Kier molecular flexibility index (Phi) is 4.53. The van der Waals surface area contributed by atoms with Crippen LogP contribution in [-0.4, -0.2) is 32.1 Å².